The minimum atomic E-state index is -1.19. The van der Waals surface area contributed by atoms with E-state index in [2.05, 4.69) is 0 Å². The van der Waals surface area contributed by atoms with E-state index in [-0.39, 0.29) is 6.04 Å². The molecule has 1 aliphatic rings. The van der Waals surface area contributed by atoms with Crippen molar-refractivity contribution in [3.8, 4) is 0 Å². The van der Waals surface area contributed by atoms with Crippen LogP contribution in [0.2, 0.25) is 0 Å². The van der Waals surface area contributed by atoms with E-state index in [1.807, 2.05) is 0 Å². The summed E-state index contributed by atoms with van der Waals surface area (Å²) < 4.78 is 5.20. The van der Waals surface area contributed by atoms with Crippen molar-refractivity contribution in [3.05, 3.63) is 0 Å². The van der Waals surface area contributed by atoms with E-state index in [9.17, 15) is 14.4 Å². The van der Waals surface area contributed by atoms with E-state index in [0.29, 0.717) is 26.1 Å². The van der Waals surface area contributed by atoms with Crippen LogP contribution in [0.25, 0.3) is 0 Å². The zero-order chi connectivity index (χ0) is 14.4. The number of primary amides is 1. The first-order chi connectivity index (χ1) is 8.91. The molecule has 108 valence electrons. The third-order valence-electron chi connectivity index (χ3n) is 2.98. The molecule has 0 aromatic heterocycles. The number of rotatable bonds is 5. The van der Waals surface area contributed by atoms with Gasteiger partial charge < -0.3 is 25.4 Å². The molecule has 0 saturated carbocycles. The number of carboxylic acid groups (broad SMARTS) is 1. The van der Waals surface area contributed by atoms with Gasteiger partial charge in [-0.2, -0.15) is 0 Å². The molecular formula is C11H19N3O5. The molecular weight excluding hydrogens is 254 g/mol. The van der Waals surface area contributed by atoms with Crippen molar-refractivity contribution < 1.29 is 24.2 Å². The lowest BCUT2D eigenvalue weighted by Gasteiger charge is -2.34. The molecule has 0 spiro atoms. The zero-order valence-electron chi connectivity index (χ0n) is 10.9. The van der Waals surface area contributed by atoms with Crippen LogP contribution in [0.4, 0.5) is 4.79 Å². The second-order valence-electron chi connectivity index (χ2n) is 4.45. The second-order valence-corrected chi connectivity index (χ2v) is 4.45. The van der Waals surface area contributed by atoms with Crippen LogP contribution in [0.1, 0.15) is 12.8 Å². The van der Waals surface area contributed by atoms with Crippen molar-refractivity contribution in [2.75, 3.05) is 33.4 Å². The average Bonchev–Trinajstić information content (AvgIpc) is 2.36. The standard InChI is InChI=1S/C11H19N3O5/c1-13(8-2-4-19-5-3-8)11(18)14(6-9(12)15)7-10(16)17/h8H,2-7H2,1H3,(H2,12,15)(H,16,17). The molecule has 3 N–H and O–H groups in total. The Labute approximate surface area is 111 Å². The van der Waals surface area contributed by atoms with Crippen molar-refractivity contribution in [1.82, 2.24) is 9.80 Å². The van der Waals surface area contributed by atoms with Crippen molar-refractivity contribution in [1.29, 1.82) is 0 Å². The summed E-state index contributed by atoms with van der Waals surface area (Å²) in [6, 6.07) is -0.515. The van der Waals surface area contributed by atoms with E-state index < -0.39 is 31.0 Å². The first kappa shape index (κ1) is 15.2. The molecule has 0 atom stereocenters. The Kier molecular flexibility index (Phi) is 5.56. The van der Waals surface area contributed by atoms with Crippen LogP contribution < -0.4 is 5.73 Å². The van der Waals surface area contributed by atoms with Gasteiger partial charge in [-0.1, -0.05) is 0 Å². The fourth-order valence-corrected chi connectivity index (χ4v) is 1.99. The van der Waals surface area contributed by atoms with Gasteiger partial charge in [-0.25, -0.2) is 4.79 Å². The second kappa shape index (κ2) is 6.93. The molecule has 0 aliphatic carbocycles. The molecule has 0 aromatic carbocycles. The van der Waals surface area contributed by atoms with E-state index in [1.165, 1.54) is 4.90 Å². The number of aliphatic carboxylic acids is 1. The number of amides is 3. The number of hydrogen-bond donors (Lipinski definition) is 2. The summed E-state index contributed by atoms with van der Waals surface area (Å²) in [5.74, 6) is -1.93. The molecule has 0 bridgehead atoms. The number of hydrogen-bond acceptors (Lipinski definition) is 4. The highest BCUT2D eigenvalue weighted by Crippen LogP contribution is 2.14. The molecule has 1 saturated heterocycles. The Morgan fingerprint density at radius 1 is 1.26 bits per heavy atom. The van der Waals surface area contributed by atoms with Gasteiger partial charge >= 0.3 is 12.0 Å². The topological polar surface area (TPSA) is 113 Å². The van der Waals surface area contributed by atoms with E-state index >= 15 is 0 Å². The van der Waals surface area contributed by atoms with Gasteiger partial charge in [-0.15, -0.1) is 0 Å². The fourth-order valence-electron chi connectivity index (χ4n) is 1.99. The molecule has 1 heterocycles. The van der Waals surface area contributed by atoms with Crippen LogP contribution in [-0.2, 0) is 14.3 Å². The molecule has 8 heteroatoms. The maximum absolute atomic E-state index is 12.2. The van der Waals surface area contributed by atoms with Gasteiger partial charge in [0, 0.05) is 26.3 Å². The lowest BCUT2D eigenvalue weighted by atomic mass is 10.1. The Hall–Kier alpha value is -1.83. The maximum atomic E-state index is 12.2. The van der Waals surface area contributed by atoms with Crippen LogP contribution in [0.15, 0.2) is 0 Å². The minimum Gasteiger partial charge on any atom is -0.480 e. The zero-order valence-corrected chi connectivity index (χ0v) is 10.9. The van der Waals surface area contributed by atoms with Crippen molar-refractivity contribution >= 4 is 17.9 Å². The predicted octanol–water partition coefficient (Wildman–Crippen LogP) is -0.911. The van der Waals surface area contributed by atoms with Gasteiger partial charge in [0.05, 0.1) is 0 Å². The van der Waals surface area contributed by atoms with E-state index in [4.69, 9.17) is 15.6 Å². The quantitative estimate of drug-likeness (QED) is 0.673. The van der Waals surface area contributed by atoms with Crippen molar-refractivity contribution in [3.63, 3.8) is 0 Å². The summed E-state index contributed by atoms with van der Waals surface area (Å²) in [6.07, 6.45) is 1.39. The smallest absolute Gasteiger partial charge is 0.323 e. The highest BCUT2D eigenvalue weighted by Gasteiger charge is 2.28. The number of carbonyl (C=O) groups excluding carboxylic acids is 2. The first-order valence-electron chi connectivity index (χ1n) is 6.01. The number of nitrogens with zero attached hydrogens (tertiary/aromatic N) is 2. The van der Waals surface area contributed by atoms with Crippen LogP contribution in [-0.4, -0.2) is 72.2 Å². The van der Waals surface area contributed by atoms with Gasteiger partial charge in [0.15, 0.2) is 0 Å². The van der Waals surface area contributed by atoms with E-state index in [1.54, 1.807) is 7.05 Å². The van der Waals surface area contributed by atoms with Crippen LogP contribution >= 0.6 is 0 Å². The summed E-state index contributed by atoms with van der Waals surface area (Å²) in [4.78, 5) is 36.1. The number of ether oxygens (including phenoxy) is 1. The lowest BCUT2D eigenvalue weighted by molar-refractivity contribution is -0.138. The van der Waals surface area contributed by atoms with Gasteiger partial charge in [0.2, 0.25) is 5.91 Å². The molecule has 8 nitrogen and oxygen atoms in total. The predicted molar refractivity (Wildman–Crippen MR) is 65.4 cm³/mol. The Balaban J connectivity index is 2.67. The monoisotopic (exact) mass is 273 g/mol. The van der Waals surface area contributed by atoms with Gasteiger partial charge in [0.25, 0.3) is 0 Å². The SMILES string of the molecule is CN(C(=O)N(CC(N)=O)CC(=O)O)C1CCOCC1. The van der Waals surface area contributed by atoms with Crippen molar-refractivity contribution in [2.45, 2.75) is 18.9 Å². The summed E-state index contributed by atoms with van der Waals surface area (Å²) in [5, 5.41) is 8.75. The Morgan fingerprint density at radius 3 is 2.32 bits per heavy atom. The largest absolute Gasteiger partial charge is 0.480 e. The molecule has 19 heavy (non-hydrogen) atoms. The summed E-state index contributed by atoms with van der Waals surface area (Å²) >= 11 is 0. The number of carboxylic acids is 1. The normalized spacial score (nSPS) is 15.8. The Bertz CT molecular complexity index is 338. The lowest BCUT2D eigenvalue weighted by Crippen LogP contribution is -2.51. The molecule has 0 radical (unpaired) electrons. The van der Waals surface area contributed by atoms with E-state index in [0.717, 1.165) is 4.90 Å². The Morgan fingerprint density at radius 2 is 1.84 bits per heavy atom. The fraction of sp³-hybridized carbons (Fsp3) is 0.727. The number of urea groups is 1. The molecule has 1 rings (SSSR count). The third-order valence-corrected chi connectivity index (χ3v) is 2.98. The van der Waals surface area contributed by atoms with Gasteiger partial charge in [-0.3, -0.25) is 9.59 Å². The van der Waals surface area contributed by atoms with Crippen molar-refractivity contribution in [2.24, 2.45) is 5.73 Å². The van der Waals surface area contributed by atoms with Gasteiger partial charge in [-0.05, 0) is 12.8 Å². The van der Waals surface area contributed by atoms with Crippen LogP contribution in [0.5, 0.6) is 0 Å². The summed E-state index contributed by atoms with van der Waals surface area (Å²) in [5.41, 5.74) is 5.02. The minimum absolute atomic E-state index is 0.00887. The third kappa shape index (κ3) is 4.74. The molecule has 1 fully saturated rings. The molecule has 3 amide bonds. The number of nitrogens with two attached hydrogens (primary N) is 1. The molecule has 0 aromatic rings. The molecule has 1 aliphatic heterocycles. The summed E-state index contributed by atoms with van der Waals surface area (Å²) in [7, 11) is 1.59. The molecule has 0 unspecified atom stereocenters. The first-order valence-corrected chi connectivity index (χ1v) is 6.01. The summed E-state index contributed by atoms with van der Waals surface area (Å²) in [6.45, 7) is 0.183. The average molecular weight is 273 g/mol. The van der Waals surface area contributed by atoms with Crippen LogP contribution in [0.3, 0.4) is 0 Å². The van der Waals surface area contributed by atoms with Gasteiger partial charge in [0.1, 0.15) is 13.1 Å². The highest BCUT2D eigenvalue weighted by molar-refractivity contribution is 5.86. The highest BCUT2D eigenvalue weighted by atomic mass is 16.5. The van der Waals surface area contributed by atoms with Crippen LogP contribution in [0, 0.1) is 0 Å². The number of carbonyl (C=O) groups is 3. The maximum Gasteiger partial charge on any atom is 0.323 e.